The molecule has 0 fully saturated rings. The van der Waals surface area contributed by atoms with Crippen LogP contribution >= 0.6 is 0 Å². The van der Waals surface area contributed by atoms with Gasteiger partial charge >= 0.3 is 0 Å². The van der Waals surface area contributed by atoms with Crippen LogP contribution in [0.4, 0.5) is 13.2 Å². The first-order valence-corrected chi connectivity index (χ1v) is 12.1. The zero-order chi connectivity index (χ0) is 24.8. The average molecular weight is 491 g/mol. The molecule has 3 heterocycles. The second-order valence-corrected chi connectivity index (χ2v) is 9.14. The fourth-order valence-electron chi connectivity index (χ4n) is 4.77. The number of hydrogen-bond acceptors (Lipinski definition) is 5. The molecule has 1 aliphatic rings. The second-order valence-electron chi connectivity index (χ2n) is 9.14. The van der Waals surface area contributed by atoms with Gasteiger partial charge in [0.25, 0.3) is 5.92 Å². The highest BCUT2D eigenvalue weighted by Crippen LogP contribution is 2.41. The number of benzene rings is 1. The number of fused-ring (bicyclic) bond motifs is 3. The molecule has 4 rings (SSSR count). The third-order valence-electron chi connectivity index (χ3n) is 6.47. The number of halogens is 3. The molecule has 0 aliphatic carbocycles. The maximum absolute atomic E-state index is 14.4. The summed E-state index contributed by atoms with van der Waals surface area (Å²) < 4.78 is 46.7. The lowest BCUT2D eigenvalue weighted by molar-refractivity contribution is -0.0867. The Morgan fingerprint density at radius 1 is 1.26 bits per heavy atom. The number of aromatic nitrogens is 2. The van der Waals surface area contributed by atoms with Crippen LogP contribution in [-0.2, 0) is 17.8 Å². The van der Waals surface area contributed by atoms with Crippen molar-refractivity contribution in [1.29, 1.82) is 0 Å². The molecule has 0 amide bonds. The summed E-state index contributed by atoms with van der Waals surface area (Å²) in [5.41, 5.74) is 4.49. The van der Waals surface area contributed by atoms with Crippen molar-refractivity contribution >= 4 is 10.9 Å². The summed E-state index contributed by atoms with van der Waals surface area (Å²) in [4.78, 5) is 9.77. The monoisotopic (exact) mass is 490 g/mol. The molecule has 9 heteroatoms. The molecular formula is C26H33F3N4O2. The van der Waals surface area contributed by atoms with E-state index in [0.29, 0.717) is 44.8 Å². The van der Waals surface area contributed by atoms with Gasteiger partial charge in [0.1, 0.15) is 6.61 Å². The number of nitrogens with zero attached hydrogens (tertiary/aromatic N) is 2. The molecule has 35 heavy (non-hydrogen) atoms. The Morgan fingerprint density at radius 2 is 2.09 bits per heavy atom. The van der Waals surface area contributed by atoms with Crippen molar-refractivity contribution < 1.29 is 23.0 Å². The summed E-state index contributed by atoms with van der Waals surface area (Å²) in [5.74, 6) is -3.23. The highest BCUT2D eigenvalue weighted by atomic mass is 19.3. The van der Waals surface area contributed by atoms with E-state index in [4.69, 9.17) is 4.74 Å². The first-order chi connectivity index (χ1) is 16.9. The van der Waals surface area contributed by atoms with Gasteiger partial charge in [0.15, 0.2) is 0 Å². The Balaban J connectivity index is 1.60. The number of ether oxygens (including phenoxy) is 1. The Bertz CT molecular complexity index is 1110. The molecule has 0 bridgehead atoms. The summed E-state index contributed by atoms with van der Waals surface area (Å²) in [6.07, 6.45) is 2.78. The van der Waals surface area contributed by atoms with E-state index in [1.807, 2.05) is 43.3 Å². The number of H-pyrrole nitrogens is 1. The maximum Gasteiger partial charge on any atom is 0.283 e. The molecule has 1 aliphatic heterocycles. The van der Waals surface area contributed by atoms with E-state index in [2.05, 4.69) is 15.3 Å². The molecule has 6 nitrogen and oxygen atoms in total. The summed E-state index contributed by atoms with van der Waals surface area (Å²) >= 11 is 0. The number of hydrogen-bond donors (Lipinski definition) is 3. The van der Waals surface area contributed by atoms with Gasteiger partial charge in [-0.2, -0.15) is 0 Å². The van der Waals surface area contributed by atoms with Crippen LogP contribution in [0.25, 0.3) is 10.9 Å². The molecule has 0 radical (unpaired) electrons. The van der Waals surface area contributed by atoms with E-state index in [1.54, 1.807) is 11.1 Å². The van der Waals surface area contributed by atoms with Crippen molar-refractivity contribution in [3.63, 3.8) is 0 Å². The SMILES string of the molecule is C[C@@H]1Cc2c([nH]c3ccccc23)[C@@H](c2cc(COCCNCCCF)ccn2)N1CC(F)(F)CO. The number of nitrogens with one attached hydrogen (secondary N) is 2. The number of para-hydroxylation sites is 1. The van der Waals surface area contributed by atoms with Crippen molar-refractivity contribution in [2.45, 2.75) is 44.4 Å². The predicted molar refractivity (Wildman–Crippen MR) is 129 cm³/mol. The van der Waals surface area contributed by atoms with Crippen molar-refractivity contribution in [3.8, 4) is 0 Å². The standard InChI is InChI=1S/C26H33F3N4O2/c1-18-13-21-20-5-2-3-6-22(20)32-24(21)25(33(18)16-26(28,29)17-34)23-14-19(7-10-31-23)15-35-12-11-30-9-4-8-27/h2-3,5-7,10,14,18,25,30,32,34H,4,8-9,11-13,15-17H2,1H3/t18-,25-/m1/s1. The molecule has 0 unspecified atom stereocenters. The minimum Gasteiger partial charge on any atom is -0.390 e. The maximum atomic E-state index is 14.4. The average Bonchev–Trinajstić information content (AvgIpc) is 3.22. The number of rotatable bonds is 12. The van der Waals surface area contributed by atoms with Crippen LogP contribution in [0.3, 0.4) is 0 Å². The van der Waals surface area contributed by atoms with Crippen molar-refractivity contribution in [1.82, 2.24) is 20.2 Å². The topological polar surface area (TPSA) is 73.4 Å². The largest absolute Gasteiger partial charge is 0.390 e. The van der Waals surface area contributed by atoms with Crippen molar-refractivity contribution in [2.24, 2.45) is 0 Å². The van der Waals surface area contributed by atoms with Crippen LogP contribution in [0.2, 0.25) is 0 Å². The highest BCUT2D eigenvalue weighted by molar-refractivity contribution is 5.85. The van der Waals surface area contributed by atoms with Gasteiger partial charge in [-0.25, -0.2) is 8.78 Å². The lowest BCUT2D eigenvalue weighted by atomic mass is 9.90. The zero-order valence-corrected chi connectivity index (χ0v) is 19.9. The number of aliphatic hydroxyl groups excluding tert-OH is 1. The fraction of sp³-hybridized carbons (Fsp3) is 0.500. The second kappa shape index (κ2) is 11.5. The summed E-state index contributed by atoms with van der Waals surface area (Å²) in [6.45, 7) is 1.89. The Kier molecular flexibility index (Phi) is 8.43. The molecule has 1 aromatic carbocycles. The minimum atomic E-state index is -3.23. The third-order valence-corrected chi connectivity index (χ3v) is 6.47. The summed E-state index contributed by atoms with van der Waals surface area (Å²) in [5, 5.41) is 13.5. The van der Waals surface area contributed by atoms with E-state index in [0.717, 1.165) is 27.7 Å². The number of pyridine rings is 1. The molecule has 3 aromatic rings. The molecule has 0 saturated heterocycles. The first-order valence-electron chi connectivity index (χ1n) is 12.1. The van der Waals surface area contributed by atoms with Crippen LogP contribution in [0, 0.1) is 0 Å². The highest BCUT2D eigenvalue weighted by Gasteiger charge is 2.42. The van der Waals surface area contributed by atoms with Crippen LogP contribution in [0.15, 0.2) is 42.6 Å². The Labute approximate surface area is 203 Å². The lowest BCUT2D eigenvalue weighted by Gasteiger charge is -2.41. The lowest BCUT2D eigenvalue weighted by Crippen LogP contribution is -2.49. The summed E-state index contributed by atoms with van der Waals surface area (Å²) in [7, 11) is 0. The van der Waals surface area contributed by atoms with Crippen molar-refractivity contribution in [3.05, 3.63) is 65.1 Å². The van der Waals surface area contributed by atoms with Gasteiger partial charge < -0.3 is 20.1 Å². The van der Waals surface area contributed by atoms with Gasteiger partial charge in [-0.15, -0.1) is 0 Å². The molecule has 2 atom stereocenters. The molecule has 3 N–H and O–H groups in total. The predicted octanol–water partition coefficient (Wildman–Crippen LogP) is 3.99. The molecule has 2 aromatic heterocycles. The smallest absolute Gasteiger partial charge is 0.283 e. The van der Waals surface area contributed by atoms with Crippen LogP contribution in [0.5, 0.6) is 0 Å². The number of alkyl halides is 3. The van der Waals surface area contributed by atoms with Gasteiger partial charge in [-0.1, -0.05) is 18.2 Å². The van der Waals surface area contributed by atoms with Crippen LogP contribution in [-0.4, -0.2) is 71.5 Å². The van der Waals surface area contributed by atoms with Gasteiger partial charge in [-0.3, -0.25) is 14.3 Å². The fourth-order valence-corrected chi connectivity index (χ4v) is 4.77. The quantitative estimate of drug-likeness (QED) is 0.335. The molecule has 190 valence electrons. The molecule has 0 spiro atoms. The molecular weight excluding hydrogens is 457 g/mol. The minimum absolute atomic E-state index is 0.179. The normalized spacial score (nSPS) is 18.8. The Hall–Kier alpha value is -2.46. The van der Waals surface area contributed by atoms with E-state index in [1.165, 1.54) is 0 Å². The van der Waals surface area contributed by atoms with Gasteiger partial charge in [0.2, 0.25) is 0 Å². The molecule has 0 saturated carbocycles. The third kappa shape index (κ3) is 6.03. The number of aliphatic hydroxyl groups is 1. The zero-order valence-electron chi connectivity index (χ0n) is 19.9. The van der Waals surface area contributed by atoms with Crippen molar-refractivity contribution in [2.75, 3.05) is 39.5 Å². The first kappa shape index (κ1) is 25.6. The van der Waals surface area contributed by atoms with Gasteiger partial charge in [0.05, 0.1) is 38.2 Å². The van der Waals surface area contributed by atoms with Crippen LogP contribution < -0.4 is 5.32 Å². The van der Waals surface area contributed by atoms with E-state index in [9.17, 15) is 18.3 Å². The number of aromatic amines is 1. The van der Waals surface area contributed by atoms with Gasteiger partial charge in [-0.05, 0) is 55.6 Å². The van der Waals surface area contributed by atoms with E-state index < -0.39 is 25.1 Å². The summed E-state index contributed by atoms with van der Waals surface area (Å²) in [6, 6.07) is 11.0. The van der Waals surface area contributed by atoms with E-state index in [-0.39, 0.29) is 12.7 Å². The van der Waals surface area contributed by atoms with Gasteiger partial charge in [0, 0.05) is 35.4 Å². The van der Waals surface area contributed by atoms with Crippen LogP contribution in [0.1, 0.15) is 41.9 Å². The van der Waals surface area contributed by atoms with E-state index >= 15 is 0 Å². The Morgan fingerprint density at radius 3 is 2.89 bits per heavy atom.